The summed E-state index contributed by atoms with van der Waals surface area (Å²) in [5.41, 5.74) is 2.38. The van der Waals surface area contributed by atoms with Gasteiger partial charge in [0, 0.05) is 24.8 Å². The third kappa shape index (κ3) is 3.47. The van der Waals surface area contributed by atoms with Crippen molar-refractivity contribution in [3.63, 3.8) is 0 Å². The van der Waals surface area contributed by atoms with Gasteiger partial charge in [-0.1, -0.05) is 6.92 Å². The predicted molar refractivity (Wildman–Crippen MR) is 71.9 cm³/mol. The standard InChI is InChI=1S/C13H22N4O2/c1-2-5-17(6-7-18)13(19)15-11-3-4-12-10(8-11)9-14-16-12/h9,11,18H,2-8H2,1H3,(H,14,16)(H,15,19). The van der Waals surface area contributed by atoms with Crippen LogP contribution in [0.2, 0.25) is 0 Å². The van der Waals surface area contributed by atoms with Gasteiger partial charge in [-0.2, -0.15) is 5.10 Å². The third-order valence-electron chi connectivity index (χ3n) is 3.49. The van der Waals surface area contributed by atoms with Crippen LogP contribution in [0.3, 0.4) is 0 Å². The predicted octanol–water partition coefficient (Wildman–Crippen LogP) is 0.681. The molecule has 0 aromatic carbocycles. The van der Waals surface area contributed by atoms with Crippen molar-refractivity contribution < 1.29 is 9.90 Å². The number of aromatic nitrogens is 2. The van der Waals surface area contributed by atoms with Crippen LogP contribution in [0.15, 0.2) is 6.20 Å². The molecule has 1 unspecified atom stereocenters. The molecule has 19 heavy (non-hydrogen) atoms. The summed E-state index contributed by atoms with van der Waals surface area (Å²) in [5, 5.41) is 19.1. The van der Waals surface area contributed by atoms with E-state index in [4.69, 9.17) is 5.11 Å². The minimum atomic E-state index is -0.0761. The van der Waals surface area contributed by atoms with E-state index in [1.165, 1.54) is 11.3 Å². The van der Waals surface area contributed by atoms with Gasteiger partial charge in [0.05, 0.1) is 12.8 Å². The second-order valence-electron chi connectivity index (χ2n) is 4.97. The van der Waals surface area contributed by atoms with Gasteiger partial charge in [-0.25, -0.2) is 4.79 Å². The lowest BCUT2D eigenvalue weighted by molar-refractivity contribution is 0.173. The van der Waals surface area contributed by atoms with Crippen molar-refractivity contribution >= 4 is 6.03 Å². The summed E-state index contributed by atoms with van der Waals surface area (Å²) in [5.74, 6) is 0. The van der Waals surface area contributed by atoms with Gasteiger partial charge >= 0.3 is 6.03 Å². The van der Waals surface area contributed by atoms with E-state index in [9.17, 15) is 4.79 Å². The second kappa shape index (κ2) is 6.56. The number of carbonyl (C=O) groups is 1. The first-order valence-corrected chi connectivity index (χ1v) is 6.92. The molecule has 2 rings (SSSR count). The lowest BCUT2D eigenvalue weighted by Crippen LogP contribution is -2.47. The number of hydrogen-bond donors (Lipinski definition) is 3. The number of aromatic amines is 1. The van der Waals surface area contributed by atoms with E-state index >= 15 is 0 Å². The topological polar surface area (TPSA) is 81.2 Å². The minimum Gasteiger partial charge on any atom is -0.395 e. The summed E-state index contributed by atoms with van der Waals surface area (Å²) in [7, 11) is 0. The van der Waals surface area contributed by atoms with Crippen LogP contribution in [0.1, 0.15) is 31.0 Å². The Balaban J connectivity index is 1.88. The number of carbonyl (C=O) groups excluding carboxylic acids is 1. The fourth-order valence-electron chi connectivity index (χ4n) is 2.51. The van der Waals surface area contributed by atoms with Crippen molar-refractivity contribution in [1.29, 1.82) is 0 Å². The first-order valence-electron chi connectivity index (χ1n) is 6.92. The average molecular weight is 266 g/mol. The number of aliphatic hydroxyl groups excluding tert-OH is 1. The molecule has 1 atom stereocenters. The number of amides is 2. The van der Waals surface area contributed by atoms with Crippen molar-refractivity contribution in [3.8, 4) is 0 Å². The largest absolute Gasteiger partial charge is 0.395 e. The van der Waals surface area contributed by atoms with Gasteiger partial charge in [0.1, 0.15) is 0 Å². The molecule has 1 aliphatic carbocycles. The fraction of sp³-hybridized carbons (Fsp3) is 0.692. The Morgan fingerprint density at radius 3 is 3.21 bits per heavy atom. The zero-order chi connectivity index (χ0) is 13.7. The summed E-state index contributed by atoms with van der Waals surface area (Å²) in [6, 6.07) is 0.0866. The number of H-pyrrole nitrogens is 1. The van der Waals surface area contributed by atoms with E-state index in [0.29, 0.717) is 13.1 Å². The molecule has 0 radical (unpaired) electrons. The highest BCUT2D eigenvalue weighted by molar-refractivity contribution is 5.74. The van der Waals surface area contributed by atoms with Crippen molar-refractivity contribution in [2.45, 2.75) is 38.6 Å². The van der Waals surface area contributed by atoms with Gasteiger partial charge in [0.2, 0.25) is 0 Å². The number of aliphatic hydroxyl groups is 1. The number of nitrogens with zero attached hydrogens (tertiary/aromatic N) is 2. The van der Waals surface area contributed by atoms with Crippen molar-refractivity contribution in [3.05, 3.63) is 17.5 Å². The normalized spacial score (nSPS) is 17.9. The highest BCUT2D eigenvalue weighted by Crippen LogP contribution is 2.18. The summed E-state index contributed by atoms with van der Waals surface area (Å²) in [6.07, 6.45) is 5.42. The van der Waals surface area contributed by atoms with E-state index in [0.717, 1.165) is 25.7 Å². The van der Waals surface area contributed by atoms with Crippen LogP contribution in [0.25, 0.3) is 0 Å². The number of hydrogen-bond acceptors (Lipinski definition) is 3. The summed E-state index contributed by atoms with van der Waals surface area (Å²) in [4.78, 5) is 13.8. The van der Waals surface area contributed by atoms with Gasteiger partial charge in [-0.15, -0.1) is 0 Å². The molecule has 0 aliphatic heterocycles. The Bertz CT molecular complexity index is 413. The molecular formula is C13H22N4O2. The molecule has 2 amide bonds. The fourth-order valence-corrected chi connectivity index (χ4v) is 2.51. The maximum absolute atomic E-state index is 12.1. The van der Waals surface area contributed by atoms with E-state index in [2.05, 4.69) is 15.5 Å². The van der Waals surface area contributed by atoms with Crippen LogP contribution < -0.4 is 5.32 Å². The van der Waals surface area contributed by atoms with E-state index in [1.54, 1.807) is 4.90 Å². The minimum absolute atomic E-state index is 0.00393. The monoisotopic (exact) mass is 266 g/mol. The highest BCUT2D eigenvalue weighted by Gasteiger charge is 2.23. The SMILES string of the molecule is CCCN(CCO)C(=O)NC1CCc2[nH]ncc2C1. The van der Waals surface area contributed by atoms with Crippen molar-refractivity contribution in [1.82, 2.24) is 20.4 Å². The number of rotatable bonds is 5. The quantitative estimate of drug-likeness (QED) is 0.733. The molecule has 1 aromatic rings. The summed E-state index contributed by atoms with van der Waals surface area (Å²) in [6.45, 7) is 3.10. The van der Waals surface area contributed by atoms with Gasteiger partial charge < -0.3 is 15.3 Å². The molecule has 1 heterocycles. The molecule has 106 valence electrons. The van der Waals surface area contributed by atoms with Gasteiger partial charge in [-0.3, -0.25) is 5.10 Å². The third-order valence-corrected chi connectivity index (χ3v) is 3.49. The average Bonchev–Trinajstić information content (AvgIpc) is 2.86. The number of nitrogens with one attached hydrogen (secondary N) is 2. The number of urea groups is 1. The molecule has 1 aliphatic rings. The summed E-state index contributed by atoms with van der Waals surface area (Å²) < 4.78 is 0. The van der Waals surface area contributed by atoms with Gasteiger partial charge in [0.15, 0.2) is 0 Å². The van der Waals surface area contributed by atoms with Crippen LogP contribution >= 0.6 is 0 Å². The van der Waals surface area contributed by atoms with Crippen LogP contribution in [0.5, 0.6) is 0 Å². The molecule has 0 fully saturated rings. The number of fused-ring (bicyclic) bond motifs is 1. The van der Waals surface area contributed by atoms with Crippen LogP contribution in [-0.4, -0.2) is 52.0 Å². The smallest absolute Gasteiger partial charge is 0.317 e. The van der Waals surface area contributed by atoms with Gasteiger partial charge in [-0.05, 0) is 31.2 Å². The van der Waals surface area contributed by atoms with E-state index in [1.807, 2.05) is 13.1 Å². The van der Waals surface area contributed by atoms with Crippen LogP contribution in [0, 0.1) is 0 Å². The molecule has 0 saturated heterocycles. The van der Waals surface area contributed by atoms with Gasteiger partial charge in [0.25, 0.3) is 0 Å². The van der Waals surface area contributed by atoms with E-state index in [-0.39, 0.29) is 18.7 Å². The Morgan fingerprint density at radius 2 is 2.47 bits per heavy atom. The Morgan fingerprint density at radius 1 is 1.63 bits per heavy atom. The van der Waals surface area contributed by atoms with Crippen molar-refractivity contribution in [2.24, 2.45) is 0 Å². The van der Waals surface area contributed by atoms with E-state index < -0.39 is 0 Å². The maximum Gasteiger partial charge on any atom is 0.317 e. The number of aryl methyl sites for hydroxylation is 1. The van der Waals surface area contributed by atoms with Crippen molar-refractivity contribution in [2.75, 3.05) is 19.7 Å². The lowest BCUT2D eigenvalue weighted by Gasteiger charge is -2.27. The molecule has 0 saturated carbocycles. The Labute approximate surface area is 113 Å². The molecular weight excluding hydrogens is 244 g/mol. The first kappa shape index (κ1) is 13.9. The zero-order valence-electron chi connectivity index (χ0n) is 11.4. The molecule has 6 nitrogen and oxygen atoms in total. The molecule has 6 heteroatoms. The van der Waals surface area contributed by atoms with Crippen LogP contribution in [-0.2, 0) is 12.8 Å². The molecule has 0 spiro atoms. The molecule has 1 aromatic heterocycles. The summed E-state index contributed by atoms with van der Waals surface area (Å²) >= 11 is 0. The lowest BCUT2D eigenvalue weighted by atomic mass is 9.94. The zero-order valence-corrected chi connectivity index (χ0v) is 11.4. The highest BCUT2D eigenvalue weighted by atomic mass is 16.3. The first-order chi connectivity index (χ1) is 9.24. The Kier molecular flexibility index (Phi) is 4.79. The molecule has 3 N–H and O–H groups in total. The second-order valence-corrected chi connectivity index (χ2v) is 4.97. The molecule has 0 bridgehead atoms. The Hall–Kier alpha value is -1.56. The van der Waals surface area contributed by atoms with Crippen LogP contribution in [0.4, 0.5) is 4.79 Å². The maximum atomic E-state index is 12.1.